The van der Waals surface area contributed by atoms with Crippen LogP contribution in [0.15, 0.2) is 48.5 Å². The third kappa shape index (κ3) is 5.92. The second kappa shape index (κ2) is 8.99. The molecule has 0 saturated carbocycles. The average molecular weight is 338 g/mol. The lowest BCUT2D eigenvalue weighted by molar-refractivity contribution is 0.0268. The van der Waals surface area contributed by atoms with E-state index < -0.39 is 6.10 Å². The molecule has 5 heteroatoms. The molecular formula is C18H21ClFNO2. The minimum Gasteiger partial charge on any atom is -0.389 e. The fourth-order valence-corrected chi connectivity index (χ4v) is 2.29. The van der Waals surface area contributed by atoms with Crippen LogP contribution in [0.4, 0.5) is 4.39 Å². The van der Waals surface area contributed by atoms with Crippen molar-refractivity contribution < 1.29 is 14.2 Å². The van der Waals surface area contributed by atoms with Crippen LogP contribution in [-0.2, 0) is 11.3 Å². The smallest absolute Gasteiger partial charge is 0.128 e. The summed E-state index contributed by atoms with van der Waals surface area (Å²) in [6, 6.07) is 14.1. The number of halogens is 2. The Labute approximate surface area is 141 Å². The topological polar surface area (TPSA) is 41.5 Å². The van der Waals surface area contributed by atoms with E-state index in [0.717, 1.165) is 5.56 Å². The second-order valence-corrected chi connectivity index (χ2v) is 5.88. The monoisotopic (exact) mass is 337 g/mol. The molecule has 0 radical (unpaired) electrons. The van der Waals surface area contributed by atoms with E-state index in [0.29, 0.717) is 17.1 Å². The van der Waals surface area contributed by atoms with Gasteiger partial charge in [0, 0.05) is 23.2 Å². The molecule has 2 unspecified atom stereocenters. The standard InChI is InChI=1S/C18H21ClFNO2/c1-13(14-6-8-16(19)9-7-14)21-10-17(22)12-23-11-15-4-2-3-5-18(15)20/h2-9,13,17,21-22H,10-12H2,1H3. The van der Waals surface area contributed by atoms with Crippen LogP contribution in [0.1, 0.15) is 24.1 Å². The molecule has 0 aliphatic heterocycles. The van der Waals surface area contributed by atoms with Crippen molar-refractivity contribution in [2.45, 2.75) is 25.7 Å². The number of hydrogen-bond donors (Lipinski definition) is 2. The first kappa shape index (κ1) is 17.9. The summed E-state index contributed by atoms with van der Waals surface area (Å²) in [7, 11) is 0. The summed E-state index contributed by atoms with van der Waals surface area (Å²) >= 11 is 5.86. The molecule has 124 valence electrons. The van der Waals surface area contributed by atoms with Gasteiger partial charge < -0.3 is 15.2 Å². The Bertz CT molecular complexity index is 606. The molecule has 0 amide bonds. The quantitative estimate of drug-likeness (QED) is 0.771. The summed E-state index contributed by atoms with van der Waals surface area (Å²) in [6.07, 6.45) is -0.656. The van der Waals surface area contributed by atoms with E-state index in [-0.39, 0.29) is 25.1 Å². The minimum absolute atomic E-state index is 0.0912. The lowest BCUT2D eigenvalue weighted by Crippen LogP contribution is -2.32. The third-order valence-electron chi connectivity index (χ3n) is 3.56. The molecular weight excluding hydrogens is 317 g/mol. The highest BCUT2D eigenvalue weighted by Gasteiger charge is 2.09. The molecule has 2 aromatic rings. The maximum absolute atomic E-state index is 13.4. The van der Waals surface area contributed by atoms with Crippen LogP contribution < -0.4 is 5.32 Å². The summed E-state index contributed by atoms with van der Waals surface area (Å²) in [6.45, 7) is 2.70. The van der Waals surface area contributed by atoms with E-state index in [1.807, 2.05) is 31.2 Å². The average Bonchev–Trinajstić information content (AvgIpc) is 2.55. The third-order valence-corrected chi connectivity index (χ3v) is 3.81. The van der Waals surface area contributed by atoms with E-state index in [4.69, 9.17) is 16.3 Å². The highest BCUT2D eigenvalue weighted by Crippen LogP contribution is 2.16. The van der Waals surface area contributed by atoms with Crippen molar-refractivity contribution in [3.05, 3.63) is 70.5 Å². The predicted octanol–water partition coefficient (Wildman–Crippen LogP) is 3.71. The Morgan fingerprint density at radius 3 is 2.57 bits per heavy atom. The Hall–Kier alpha value is -1.46. The van der Waals surface area contributed by atoms with E-state index in [9.17, 15) is 9.50 Å². The Kier molecular flexibility index (Phi) is 6.99. The van der Waals surface area contributed by atoms with Gasteiger partial charge in [0.05, 0.1) is 19.3 Å². The number of hydrogen-bond acceptors (Lipinski definition) is 3. The molecule has 2 N–H and O–H groups in total. The molecule has 0 aromatic heterocycles. The molecule has 0 bridgehead atoms. The molecule has 3 nitrogen and oxygen atoms in total. The van der Waals surface area contributed by atoms with Crippen molar-refractivity contribution in [2.75, 3.05) is 13.2 Å². The molecule has 2 aromatic carbocycles. The van der Waals surface area contributed by atoms with Gasteiger partial charge in [-0.25, -0.2) is 4.39 Å². The van der Waals surface area contributed by atoms with Gasteiger partial charge in [0.15, 0.2) is 0 Å². The van der Waals surface area contributed by atoms with Crippen molar-refractivity contribution in [3.63, 3.8) is 0 Å². The summed E-state index contributed by atoms with van der Waals surface area (Å²) < 4.78 is 18.8. The lowest BCUT2D eigenvalue weighted by Gasteiger charge is -2.18. The fourth-order valence-electron chi connectivity index (χ4n) is 2.16. The van der Waals surface area contributed by atoms with Crippen LogP contribution in [0, 0.1) is 5.82 Å². The van der Waals surface area contributed by atoms with Crippen molar-refractivity contribution in [1.29, 1.82) is 0 Å². The molecule has 2 rings (SSSR count). The highest BCUT2D eigenvalue weighted by molar-refractivity contribution is 6.30. The van der Waals surface area contributed by atoms with Crippen molar-refractivity contribution in [3.8, 4) is 0 Å². The zero-order valence-corrected chi connectivity index (χ0v) is 13.8. The molecule has 0 aliphatic carbocycles. The Morgan fingerprint density at radius 1 is 1.17 bits per heavy atom. The molecule has 0 spiro atoms. The van der Waals surface area contributed by atoms with Crippen LogP contribution >= 0.6 is 11.6 Å². The van der Waals surface area contributed by atoms with Crippen LogP contribution in [0.5, 0.6) is 0 Å². The number of rotatable bonds is 8. The largest absolute Gasteiger partial charge is 0.389 e. The first-order valence-electron chi connectivity index (χ1n) is 7.54. The Morgan fingerprint density at radius 2 is 1.87 bits per heavy atom. The maximum atomic E-state index is 13.4. The van der Waals surface area contributed by atoms with Crippen molar-refractivity contribution in [1.82, 2.24) is 5.32 Å². The van der Waals surface area contributed by atoms with Gasteiger partial charge in [-0.15, -0.1) is 0 Å². The maximum Gasteiger partial charge on any atom is 0.128 e. The molecule has 0 fully saturated rings. The van der Waals surface area contributed by atoms with Gasteiger partial charge >= 0.3 is 0 Å². The van der Waals surface area contributed by atoms with Crippen LogP contribution in [0.25, 0.3) is 0 Å². The highest BCUT2D eigenvalue weighted by atomic mass is 35.5. The van der Waals surface area contributed by atoms with Gasteiger partial charge in [0.25, 0.3) is 0 Å². The van der Waals surface area contributed by atoms with Gasteiger partial charge in [0.2, 0.25) is 0 Å². The molecule has 0 aliphatic rings. The predicted molar refractivity (Wildman–Crippen MR) is 89.9 cm³/mol. The van der Waals surface area contributed by atoms with Gasteiger partial charge in [-0.05, 0) is 30.7 Å². The normalized spacial score (nSPS) is 13.7. The zero-order chi connectivity index (χ0) is 16.7. The zero-order valence-electron chi connectivity index (χ0n) is 13.0. The van der Waals surface area contributed by atoms with Gasteiger partial charge in [-0.2, -0.15) is 0 Å². The number of benzene rings is 2. The van der Waals surface area contributed by atoms with Crippen LogP contribution in [-0.4, -0.2) is 24.4 Å². The first-order valence-corrected chi connectivity index (χ1v) is 7.92. The van der Waals surface area contributed by atoms with E-state index in [1.54, 1.807) is 18.2 Å². The first-order chi connectivity index (χ1) is 11.1. The summed E-state index contributed by atoms with van der Waals surface area (Å²) in [5, 5.41) is 13.9. The molecule has 0 saturated heterocycles. The minimum atomic E-state index is -0.656. The summed E-state index contributed by atoms with van der Waals surface area (Å²) in [4.78, 5) is 0. The van der Waals surface area contributed by atoms with Gasteiger partial charge in [-0.3, -0.25) is 0 Å². The number of aliphatic hydroxyl groups excluding tert-OH is 1. The van der Waals surface area contributed by atoms with E-state index in [2.05, 4.69) is 5.32 Å². The Balaban J connectivity index is 1.69. The van der Waals surface area contributed by atoms with Crippen molar-refractivity contribution in [2.24, 2.45) is 0 Å². The number of ether oxygens (including phenoxy) is 1. The molecule has 23 heavy (non-hydrogen) atoms. The number of nitrogens with one attached hydrogen (secondary N) is 1. The fraction of sp³-hybridized carbons (Fsp3) is 0.333. The van der Waals surface area contributed by atoms with E-state index in [1.165, 1.54) is 6.07 Å². The van der Waals surface area contributed by atoms with Gasteiger partial charge in [-0.1, -0.05) is 41.9 Å². The molecule has 2 atom stereocenters. The van der Waals surface area contributed by atoms with Crippen LogP contribution in [0.3, 0.4) is 0 Å². The van der Waals surface area contributed by atoms with Crippen molar-refractivity contribution >= 4 is 11.6 Å². The van der Waals surface area contributed by atoms with Gasteiger partial charge in [0.1, 0.15) is 5.82 Å². The van der Waals surface area contributed by atoms with E-state index >= 15 is 0 Å². The summed E-state index contributed by atoms with van der Waals surface area (Å²) in [5.74, 6) is -0.295. The second-order valence-electron chi connectivity index (χ2n) is 5.44. The number of aliphatic hydroxyl groups is 1. The SMILES string of the molecule is CC(NCC(O)COCc1ccccc1F)c1ccc(Cl)cc1. The summed E-state index contributed by atoms with van der Waals surface area (Å²) in [5.41, 5.74) is 1.58. The van der Waals surface area contributed by atoms with Crippen LogP contribution in [0.2, 0.25) is 5.02 Å². The molecule has 0 heterocycles. The lowest BCUT2D eigenvalue weighted by atomic mass is 10.1.